The number of hydrogen-bond acceptors (Lipinski definition) is 5. The van der Waals surface area contributed by atoms with Gasteiger partial charge in [-0.15, -0.1) is 0 Å². The SMILES string of the molecule is Cn1[nH]c(=O)c(=O)nc1Sc1cccc(F)c1CO. The van der Waals surface area contributed by atoms with Gasteiger partial charge < -0.3 is 5.11 Å². The zero-order valence-electron chi connectivity index (χ0n) is 9.88. The van der Waals surface area contributed by atoms with E-state index in [-0.39, 0.29) is 10.7 Å². The van der Waals surface area contributed by atoms with Crippen LogP contribution in [0, 0.1) is 5.82 Å². The molecule has 2 aromatic rings. The van der Waals surface area contributed by atoms with E-state index in [0.29, 0.717) is 4.90 Å². The Morgan fingerprint density at radius 2 is 2.21 bits per heavy atom. The molecule has 0 spiro atoms. The molecule has 0 aliphatic rings. The Morgan fingerprint density at radius 3 is 2.89 bits per heavy atom. The van der Waals surface area contributed by atoms with E-state index in [0.717, 1.165) is 11.8 Å². The van der Waals surface area contributed by atoms with Crippen LogP contribution in [0.2, 0.25) is 0 Å². The third kappa shape index (κ3) is 2.74. The molecule has 0 aliphatic heterocycles. The first-order valence-electron chi connectivity index (χ1n) is 5.26. The molecule has 0 saturated carbocycles. The molecule has 8 heteroatoms. The van der Waals surface area contributed by atoms with Crippen molar-refractivity contribution >= 4 is 11.8 Å². The minimum Gasteiger partial charge on any atom is -0.392 e. The average Bonchev–Trinajstić information content (AvgIpc) is 2.36. The summed E-state index contributed by atoms with van der Waals surface area (Å²) in [5.41, 5.74) is -1.62. The fourth-order valence-corrected chi connectivity index (χ4v) is 2.38. The number of aromatic nitrogens is 3. The predicted octanol–water partition coefficient (Wildman–Crippen LogP) is 0.251. The van der Waals surface area contributed by atoms with Crippen molar-refractivity contribution in [2.45, 2.75) is 16.7 Å². The zero-order chi connectivity index (χ0) is 14.0. The molecule has 0 aliphatic carbocycles. The van der Waals surface area contributed by atoms with E-state index in [1.165, 1.54) is 23.9 Å². The minimum atomic E-state index is -0.914. The Hall–Kier alpha value is -1.93. The Morgan fingerprint density at radius 1 is 1.47 bits per heavy atom. The molecule has 0 atom stereocenters. The van der Waals surface area contributed by atoms with Crippen molar-refractivity contribution < 1.29 is 9.50 Å². The molecule has 0 unspecified atom stereocenters. The molecule has 100 valence electrons. The van der Waals surface area contributed by atoms with Gasteiger partial charge in [-0.3, -0.25) is 19.4 Å². The van der Waals surface area contributed by atoms with Crippen LogP contribution in [0.15, 0.2) is 37.8 Å². The largest absolute Gasteiger partial charge is 0.392 e. The van der Waals surface area contributed by atoms with Crippen molar-refractivity contribution in [2.75, 3.05) is 0 Å². The van der Waals surface area contributed by atoms with Gasteiger partial charge in [-0.25, -0.2) is 4.39 Å². The Labute approximate surface area is 110 Å². The Kier molecular flexibility index (Phi) is 3.82. The van der Waals surface area contributed by atoms with Crippen LogP contribution in [0.4, 0.5) is 4.39 Å². The maximum Gasteiger partial charge on any atom is 0.339 e. The highest BCUT2D eigenvalue weighted by atomic mass is 32.2. The number of aryl methyl sites for hydroxylation is 1. The summed E-state index contributed by atoms with van der Waals surface area (Å²) in [6.07, 6.45) is 0. The van der Waals surface area contributed by atoms with Gasteiger partial charge in [-0.1, -0.05) is 6.07 Å². The van der Waals surface area contributed by atoms with Crippen molar-refractivity contribution in [1.29, 1.82) is 0 Å². The van der Waals surface area contributed by atoms with Crippen LogP contribution in [0.5, 0.6) is 0 Å². The lowest BCUT2D eigenvalue weighted by Gasteiger charge is -2.09. The summed E-state index contributed by atoms with van der Waals surface area (Å²) in [6, 6.07) is 4.31. The van der Waals surface area contributed by atoms with E-state index in [1.807, 2.05) is 0 Å². The first-order valence-corrected chi connectivity index (χ1v) is 6.08. The summed E-state index contributed by atoms with van der Waals surface area (Å²) in [7, 11) is 1.51. The number of H-pyrrole nitrogens is 1. The van der Waals surface area contributed by atoms with Crippen molar-refractivity contribution in [1.82, 2.24) is 14.8 Å². The Bertz CT molecular complexity index is 726. The van der Waals surface area contributed by atoms with Crippen LogP contribution in [-0.4, -0.2) is 19.9 Å². The van der Waals surface area contributed by atoms with Crippen LogP contribution in [0.3, 0.4) is 0 Å². The van der Waals surface area contributed by atoms with Gasteiger partial charge in [0.25, 0.3) is 0 Å². The smallest absolute Gasteiger partial charge is 0.339 e. The predicted molar refractivity (Wildman–Crippen MR) is 66.5 cm³/mol. The molecule has 2 rings (SSSR count). The monoisotopic (exact) mass is 283 g/mol. The van der Waals surface area contributed by atoms with Crippen molar-refractivity contribution in [2.24, 2.45) is 7.05 Å². The molecule has 0 amide bonds. The lowest BCUT2D eigenvalue weighted by atomic mass is 10.2. The summed E-state index contributed by atoms with van der Waals surface area (Å²) in [5, 5.41) is 11.6. The third-order valence-corrected chi connectivity index (χ3v) is 3.53. The lowest BCUT2D eigenvalue weighted by molar-refractivity contribution is 0.272. The first kappa shape index (κ1) is 13.5. The van der Waals surface area contributed by atoms with E-state index >= 15 is 0 Å². The summed E-state index contributed by atoms with van der Waals surface area (Å²) >= 11 is 0.984. The van der Waals surface area contributed by atoms with E-state index in [4.69, 9.17) is 5.11 Å². The highest BCUT2D eigenvalue weighted by molar-refractivity contribution is 7.99. The maximum atomic E-state index is 13.5. The van der Waals surface area contributed by atoms with Crippen LogP contribution in [0.25, 0.3) is 0 Å². The van der Waals surface area contributed by atoms with E-state index in [1.54, 1.807) is 6.07 Å². The second kappa shape index (κ2) is 5.37. The van der Waals surface area contributed by atoms with Crippen molar-refractivity contribution in [3.05, 3.63) is 50.3 Å². The first-order chi connectivity index (χ1) is 9.02. The maximum absolute atomic E-state index is 13.5. The minimum absolute atomic E-state index is 0.118. The number of hydrogen-bond donors (Lipinski definition) is 2. The molecular weight excluding hydrogens is 273 g/mol. The highest BCUT2D eigenvalue weighted by Crippen LogP contribution is 2.29. The Balaban J connectivity index is 2.48. The zero-order valence-corrected chi connectivity index (χ0v) is 10.7. The normalized spacial score (nSPS) is 10.7. The standard InChI is InChI=1S/C11H10FN3O3S/c1-15-11(13-9(17)10(18)14-15)19-8-4-2-3-7(12)6(8)5-16/h2-4,16H,5H2,1H3,(H,14,18). The topological polar surface area (TPSA) is 88.0 Å². The van der Waals surface area contributed by atoms with Gasteiger partial charge in [0.1, 0.15) is 5.82 Å². The quantitative estimate of drug-likeness (QED) is 0.788. The molecule has 0 radical (unpaired) electrons. The summed E-state index contributed by atoms with van der Waals surface area (Å²) in [5.74, 6) is -0.540. The third-order valence-electron chi connectivity index (χ3n) is 2.38. The van der Waals surface area contributed by atoms with Crippen molar-refractivity contribution in [3.8, 4) is 0 Å². The van der Waals surface area contributed by atoms with Crippen LogP contribution >= 0.6 is 11.8 Å². The van der Waals surface area contributed by atoms with Gasteiger partial charge >= 0.3 is 11.1 Å². The number of aliphatic hydroxyl groups excluding tert-OH is 1. The molecule has 0 saturated heterocycles. The van der Waals surface area contributed by atoms with Crippen LogP contribution in [0.1, 0.15) is 5.56 Å². The van der Waals surface area contributed by atoms with Gasteiger partial charge in [0.05, 0.1) is 6.61 Å². The molecule has 19 heavy (non-hydrogen) atoms. The molecule has 0 fully saturated rings. The molecule has 6 nitrogen and oxygen atoms in total. The molecule has 2 N–H and O–H groups in total. The van der Waals surface area contributed by atoms with E-state index < -0.39 is 23.5 Å². The second-order valence-electron chi connectivity index (χ2n) is 3.68. The average molecular weight is 283 g/mol. The van der Waals surface area contributed by atoms with Gasteiger partial charge in [-0.05, 0) is 23.9 Å². The molecule has 0 bridgehead atoms. The van der Waals surface area contributed by atoms with Gasteiger partial charge in [0, 0.05) is 17.5 Å². The second-order valence-corrected chi connectivity index (χ2v) is 4.69. The number of aliphatic hydroxyl groups is 1. The van der Waals surface area contributed by atoms with Gasteiger partial charge in [0.2, 0.25) is 0 Å². The van der Waals surface area contributed by atoms with E-state index in [9.17, 15) is 14.0 Å². The molecule has 1 aromatic heterocycles. The fraction of sp³-hybridized carbons (Fsp3) is 0.182. The number of halogens is 1. The number of benzene rings is 1. The highest BCUT2D eigenvalue weighted by Gasteiger charge is 2.12. The summed E-state index contributed by atoms with van der Waals surface area (Å²) in [6.45, 7) is -0.466. The van der Waals surface area contributed by atoms with Crippen LogP contribution in [-0.2, 0) is 13.7 Å². The van der Waals surface area contributed by atoms with Crippen molar-refractivity contribution in [3.63, 3.8) is 0 Å². The van der Waals surface area contributed by atoms with Crippen LogP contribution < -0.4 is 11.1 Å². The number of nitrogens with zero attached hydrogens (tertiary/aromatic N) is 2. The molecular formula is C11H10FN3O3S. The summed E-state index contributed by atoms with van der Waals surface area (Å²) in [4.78, 5) is 26.3. The number of aromatic amines is 1. The molecule has 1 aromatic carbocycles. The lowest BCUT2D eigenvalue weighted by Crippen LogP contribution is -2.33. The number of rotatable bonds is 3. The molecule has 1 heterocycles. The van der Waals surface area contributed by atoms with Gasteiger partial charge in [0.15, 0.2) is 5.16 Å². The van der Waals surface area contributed by atoms with E-state index in [2.05, 4.69) is 10.1 Å². The van der Waals surface area contributed by atoms with Gasteiger partial charge in [-0.2, -0.15) is 4.98 Å². The fourth-order valence-electron chi connectivity index (χ4n) is 1.44. The number of nitrogens with one attached hydrogen (secondary N) is 1. The summed E-state index contributed by atoms with van der Waals surface area (Å²) < 4.78 is 14.7.